The van der Waals surface area contributed by atoms with E-state index in [1.54, 1.807) is 0 Å². The highest BCUT2D eigenvalue weighted by Crippen LogP contribution is 2.20. The van der Waals surface area contributed by atoms with E-state index in [0.717, 1.165) is 42.6 Å². The Morgan fingerprint density at radius 2 is 1.62 bits per heavy atom. The molecule has 0 bridgehead atoms. The molecule has 2 aromatic carbocycles. The average Bonchev–Trinajstić information content (AvgIpc) is 2.67. The molecule has 26 heavy (non-hydrogen) atoms. The van der Waals surface area contributed by atoms with Crippen LogP contribution < -0.4 is 10.2 Å². The van der Waals surface area contributed by atoms with Gasteiger partial charge in [0.1, 0.15) is 0 Å². The van der Waals surface area contributed by atoms with Gasteiger partial charge in [-0.15, -0.1) is 0 Å². The van der Waals surface area contributed by atoms with Crippen molar-refractivity contribution in [3.8, 4) is 0 Å². The lowest BCUT2D eigenvalue weighted by Gasteiger charge is -2.36. The van der Waals surface area contributed by atoms with Gasteiger partial charge in [-0.1, -0.05) is 37.6 Å². The van der Waals surface area contributed by atoms with E-state index >= 15 is 0 Å². The predicted octanol–water partition coefficient (Wildman–Crippen LogP) is 4.22. The zero-order valence-electron chi connectivity index (χ0n) is 15.4. The molecule has 0 saturated carbocycles. The topological polar surface area (TPSA) is 35.6 Å². The Bertz CT molecular complexity index is 720. The molecule has 3 rings (SSSR count). The van der Waals surface area contributed by atoms with Crippen molar-refractivity contribution in [2.45, 2.75) is 19.8 Å². The van der Waals surface area contributed by atoms with Crippen LogP contribution in [0.2, 0.25) is 5.02 Å². The Balaban J connectivity index is 1.47. The zero-order chi connectivity index (χ0) is 18.5. The minimum atomic E-state index is 0.147. The van der Waals surface area contributed by atoms with Gasteiger partial charge < -0.3 is 15.1 Å². The maximum atomic E-state index is 12.5. The number of benzene rings is 2. The number of amides is 1. The quantitative estimate of drug-likeness (QED) is 0.854. The summed E-state index contributed by atoms with van der Waals surface area (Å²) in [5, 5.41) is 3.98. The lowest BCUT2D eigenvalue weighted by molar-refractivity contribution is -0.129. The van der Waals surface area contributed by atoms with Crippen LogP contribution in [0.4, 0.5) is 11.4 Å². The van der Waals surface area contributed by atoms with Gasteiger partial charge in [-0.25, -0.2) is 0 Å². The lowest BCUT2D eigenvalue weighted by atomic mass is 10.0. The van der Waals surface area contributed by atoms with Gasteiger partial charge in [0.25, 0.3) is 0 Å². The number of hydrogen-bond acceptors (Lipinski definition) is 3. The fraction of sp³-hybridized carbons (Fsp3) is 0.381. The molecule has 5 heteroatoms. The number of rotatable bonds is 5. The highest BCUT2D eigenvalue weighted by Gasteiger charge is 2.21. The van der Waals surface area contributed by atoms with Gasteiger partial charge in [0.2, 0.25) is 5.91 Å². The maximum Gasteiger partial charge on any atom is 0.241 e. The van der Waals surface area contributed by atoms with E-state index in [1.165, 1.54) is 5.56 Å². The van der Waals surface area contributed by atoms with Gasteiger partial charge >= 0.3 is 0 Å². The summed E-state index contributed by atoms with van der Waals surface area (Å²) in [6.45, 7) is 7.87. The Hall–Kier alpha value is -2.20. The predicted molar refractivity (Wildman–Crippen MR) is 109 cm³/mol. The number of hydrogen-bond donors (Lipinski definition) is 1. The SMILES string of the molecule is CC(C)c1ccc(NCC(=O)N2CCN(c3ccc(Cl)cc3)CC2)cc1. The van der Waals surface area contributed by atoms with Crippen LogP contribution in [-0.2, 0) is 4.79 Å². The van der Waals surface area contributed by atoms with E-state index in [9.17, 15) is 4.79 Å². The van der Waals surface area contributed by atoms with Gasteiger partial charge in [-0.2, -0.15) is 0 Å². The third-order valence-corrected chi connectivity index (χ3v) is 5.10. The van der Waals surface area contributed by atoms with Crippen molar-refractivity contribution in [2.75, 3.05) is 42.9 Å². The summed E-state index contributed by atoms with van der Waals surface area (Å²) in [4.78, 5) is 16.7. The molecule has 1 heterocycles. The van der Waals surface area contributed by atoms with E-state index in [4.69, 9.17) is 11.6 Å². The van der Waals surface area contributed by atoms with Crippen LogP contribution in [0.5, 0.6) is 0 Å². The molecule has 4 nitrogen and oxygen atoms in total. The van der Waals surface area contributed by atoms with Crippen molar-refractivity contribution >= 4 is 28.9 Å². The van der Waals surface area contributed by atoms with E-state index in [1.807, 2.05) is 41.3 Å². The number of anilines is 2. The van der Waals surface area contributed by atoms with Crippen molar-refractivity contribution in [3.05, 3.63) is 59.1 Å². The lowest BCUT2D eigenvalue weighted by Crippen LogP contribution is -2.50. The molecule has 1 fully saturated rings. The first kappa shape index (κ1) is 18.6. The summed E-state index contributed by atoms with van der Waals surface area (Å²) in [5.41, 5.74) is 3.45. The second-order valence-corrected chi connectivity index (χ2v) is 7.41. The average molecular weight is 372 g/mol. The van der Waals surface area contributed by atoms with Crippen molar-refractivity contribution in [3.63, 3.8) is 0 Å². The molecule has 0 radical (unpaired) electrons. The van der Waals surface area contributed by atoms with E-state index in [0.29, 0.717) is 12.5 Å². The smallest absolute Gasteiger partial charge is 0.241 e. The van der Waals surface area contributed by atoms with Crippen LogP contribution in [-0.4, -0.2) is 43.5 Å². The fourth-order valence-electron chi connectivity index (χ4n) is 3.14. The molecule has 0 aromatic heterocycles. The van der Waals surface area contributed by atoms with Crippen molar-refractivity contribution in [2.24, 2.45) is 0 Å². The Kier molecular flexibility index (Phi) is 6.04. The molecule has 0 aliphatic carbocycles. The summed E-state index contributed by atoms with van der Waals surface area (Å²) < 4.78 is 0. The first-order valence-corrected chi connectivity index (χ1v) is 9.53. The van der Waals surface area contributed by atoms with Crippen LogP contribution in [0, 0.1) is 0 Å². The number of nitrogens with zero attached hydrogens (tertiary/aromatic N) is 2. The maximum absolute atomic E-state index is 12.5. The summed E-state index contributed by atoms with van der Waals surface area (Å²) in [7, 11) is 0. The van der Waals surface area contributed by atoms with Gasteiger partial charge in [0.15, 0.2) is 0 Å². The van der Waals surface area contributed by atoms with Crippen LogP contribution in [0.25, 0.3) is 0 Å². The van der Waals surface area contributed by atoms with Crippen molar-refractivity contribution in [1.29, 1.82) is 0 Å². The van der Waals surface area contributed by atoms with Gasteiger partial charge in [0, 0.05) is 42.6 Å². The van der Waals surface area contributed by atoms with Gasteiger partial charge in [-0.3, -0.25) is 4.79 Å². The van der Waals surface area contributed by atoms with Crippen LogP contribution in [0.3, 0.4) is 0 Å². The summed E-state index contributed by atoms with van der Waals surface area (Å²) in [6, 6.07) is 16.2. The number of nitrogens with one attached hydrogen (secondary N) is 1. The molecule has 1 N–H and O–H groups in total. The summed E-state index contributed by atoms with van der Waals surface area (Å²) >= 11 is 5.95. The summed E-state index contributed by atoms with van der Waals surface area (Å²) in [5.74, 6) is 0.663. The number of halogens is 1. The molecule has 0 atom stereocenters. The third-order valence-electron chi connectivity index (χ3n) is 4.85. The molecule has 0 spiro atoms. The van der Waals surface area contributed by atoms with Crippen LogP contribution >= 0.6 is 11.6 Å². The van der Waals surface area contributed by atoms with Crippen LogP contribution in [0.1, 0.15) is 25.3 Å². The van der Waals surface area contributed by atoms with E-state index in [2.05, 4.69) is 36.2 Å². The Labute approximate surface area is 160 Å². The normalized spacial score (nSPS) is 14.6. The molecule has 1 saturated heterocycles. The first-order valence-electron chi connectivity index (χ1n) is 9.15. The molecule has 1 aliphatic rings. The molecule has 0 unspecified atom stereocenters. The van der Waals surface area contributed by atoms with Gasteiger partial charge in [-0.05, 0) is 47.9 Å². The fourth-order valence-corrected chi connectivity index (χ4v) is 3.27. The largest absolute Gasteiger partial charge is 0.376 e. The highest BCUT2D eigenvalue weighted by atomic mass is 35.5. The first-order chi connectivity index (χ1) is 12.5. The molecule has 1 amide bonds. The number of carbonyl (C=O) groups is 1. The highest BCUT2D eigenvalue weighted by molar-refractivity contribution is 6.30. The monoisotopic (exact) mass is 371 g/mol. The van der Waals surface area contributed by atoms with Crippen LogP contribution in [0.15, 0.2) is 48.5 Å². The van der Waals surface area contributed by atoms with Crippen molar-refractivity contribution < 1.29 is 4.79 Å². The molecular formula is C21H26ClN3O. The second-order valence-electron chi connectivity index (χ2n) is 6.97. The molecular weight excluding hydrogens is 346 g/mol. The summed E-state index contributed by atoms with van der Waals surface area (Å²) in [6.07, 6.45) is 0. The minimum Gasteiger partial charge on any atom is -0.376 e. The zero-order valence-corrected chi connectivity index (χ0v) is 16.2. The molecule has 1 aliphatic heterocycles. The molecule has 2 aromatic rings. The Morgan fingerprint density at radius 3 is 2.19 bits per heavy atom. The minimum absolute atomic E-state index is 0.147. The van der Waals surface area contributed by atoms with Gasteiger partial charge in [0.05, 0.1) is 6.54 Å². The standard InChI is InChI=1S/C21H26ClN3O/c1-16(2)17-3-7-19(8-4-17)23-15-21(26)25-13-11-24(12-14-25)20-9-5-18(22)6-10-20/h3-10,16,23H,11-15H2,1-2H3. The van der Waals surface area contributed by atoms with E-state index in [-0.39, 0.29) is 5.91 Å². The Morgan fingerprint density at radius 1 is 1.00 bits per heavy atom. The van der Waals surface area contributed by atoms with Crippen molar-refractivity contribution in [1.82, 2.24) is 4.90 Å². The number of piperazine rings is 1. The second kappa shape index (κ2) is 8.45. The molecule has 138 valence electrons. The third kappa shape index (κ3) is 4.70. The van der Waals surface area contributed by atoms with E-state index < -0.39 is 0 Å². The number of carbonyl (C=O) groups excluding carboxylic acids is 1.